The van der Waals surface area contributed by atoms with Crippen LogP contribution in [0.5, 0.6) is 0 Å². The molecule has 0 aliphatic heterocycles. The molecule has 0 spiro atoms. The molecule has 0 bridgehead atoms. The Morgan fingerprint density at radius 1 is 1.08 bits per heavy atom. The van der Waals surface area contributed by atoms with Gasteiger partial charge in [0, 0.05) is 23.8 Å². The van der Waals surface area contributed by atoms with Crippen LogP contribution in [0.2, 0.25) is 10.0 Å². The van der Waals surface area contributed by atoms with E-state index in [4.69, 9.17) is 23.2 Å². The van der Waals surface area contributed by atoms with Crippen molar-refractivity contribution in [3.8, 4) is 0 Å². The Morgan fingerprint density at radius 3 is 2.35 bits per heavy atom. The predicted octanol–water partition coefficient (Wildman–Crippen LogP) is 4.58. The van der Waals surface area contributed by atoms with Gasteiger partial charge in [0.15, 0.2) is 0 Å². The lowest BCUT2D eigenvalue weighted by molar-refractivity contribution is 0.102. The molecule has 0 saturated carbocycles. The van der Waals surface area contributed by atoms with Gasteiger partial charge in [-0.2, -0.15) is 4.31 Å². The van der Waals surface area contributed by atoms with Gasteiger partial charge in [-0.05, 0) is 42.8 Å². The van der Waals surface area contributed by atoms with Crippen LogP contribution in [0.3, 0.4) is 0 Å². The van der Waals surface area contributed by atoms with Crippen LogP contribution in [0.1, 0.15) is 29.8 Å². The number of carbonyl (C=O) groups excluding carboxylic acids is 1. The number of benzene rings is 2. The Kier molecular flexibility index (Phi) is 6.69. The van der Waals surface area contributed by atoms with Crippen molar-refractivity contribution in [1.29, 1.82) is 0 Å². The maximum Gasteiger partial charge on any atom is 0.257 e. The van der Waals surface area contributed by atoms with E-state index in [1.165, 1.54) is 22.5 Å². The minimum atomic E-state index is -3.63. The number of halogens is 2. The van der Waals surface area contributed by atoms with E-state index in [9.17, 15) is 13.2 Å². The van der Waals surface area contributed by atoms with Gasteiger partial charge >= 0.3 is 0 Å². The molecule has 0 aliphatic rings. The molecule has 2 aromatic rings. The molecular formula is C18H20Cl2N2O3S. The maximum atomic E-state index is 12.8. The Bertz CT molecular complexity index is 926. The highest BCUT2D eigenvalue weighted by atomic mass is 35.5. The second-order valence-electron chi connectivity index (χ2n) is 5.65. The van der Waals surface area contributed by atoms with Gasteiger partial charge in [-0.15, -0.1) is 0 Å². The van der Waals surface area contributed by atoms with E-state index in [2.05, 4.69) is 5.32 Å². The first-order valence-electron chi connectivity index (χ1n) is 8.07. The van der Waals surface area contributed by atoms with Crippen molar-refractivity contribution >= 4 is 44.8 Å². The molecule has 2 aromatic carbocycles. The molecule has 1 amide bonds. The Balaban J connectivity index is 2.38. The van der Waals surface area contributed by atoms with Crippen LogP contribution in [0, 0.1) is 6.92 Å². The minimum absolute atomic E-state index is 0.163. The van der Waals surface area contributed by atoms with E-state index >= 15 is 0 Å². The average Bonchev–Trinajstić information content (AvgIpc) is 2.59. The van der Waals surface area contributed by atoms with Crippen LogP contribution in [0.25, 0.3) is 0 Å². The number of aryl methyl sites for hydroxylation is 1. The number of hydrogen-bond donors (Lipinski definition) is 1. The number of amides is 1. The third-order valence-electron chi connectivity index (χ3n) is 3.94. The zero-order chi connectivity index (χ0) is 19.5. The summed E-state index contributed by atoms with van der Waals surface area (Å²) in [6, 6.07) is 9.34. The summed E-state index contributed by atoms with van der Waals surface area (Å²) < 4.78 is 27.0. The van der Waals surface area contributed by atoms with Crippen LogP contribution in [0.15, 0.2) is 41.3 Å². The third kappa shape index (κ3) is 4.38. The second kappa shape index (κ2) is 8.39. The lowest BCUT2D eigenvalue weighted by Gasteiger charge is -2.20. The molecular weight excluding hydrogens is 395 g/mol. The summed E-state index contributed by atoms with van der Waals surface area (Å²) in [4.78, 5) is 12.6. The summed E-state index contributed by atoms with van der Waals surface area (Å²) in [7, 11) is -3.63. The third-order valence-corrected chi connectivity index (χ3v) is 6.70. The molecule has 8 heteroatoms. The average molecular weight is 415 g/mol. The molecule has 0 unspecified atom stereocenters. The lowest BCUT2D eigenvalue weighted by atomic mass is 10.2. The van der Waals surface area contributed by atoms with Gasteiger partial charge < -0.3 is 5.32 Å². The normalized spacial score (nSPS) is 11.6. The fourth-order valence-corrected chi connectivity index (χ4v) is 4.61. The Labute approximate surface area is 164 Å². The number of sulfonamides is 1. The second-order valence-corrected chi connectivity index (χ2v) is 8.40. The van der Waals surface area contributed by atoms with E-state index in [1.54, 1.807) is 39.0 Å². The van der Waals surface area contributed by atoms with Crippen molar-refractivity contribution in [2.24, 2.45) is 0 Å². The molecule has 0 aliphatic carbocycles. The first kappa shape index (κ1) is 20.7. The highest BCUT2D eigenvalue weighted by Crippen LogP contribution is 2.25. The minimum Gasteiger partial charge on any atom is -0.322 e. The van der Waals surface area contributed by atoms with Crippen LogP contribution in [0.4, 0.5) is 5.69 Å². The van der Waals surface area contributed by atoms with Gasteiger partial charge in [-0.25, -0.2) is 8.42 Å². The Morgan fingerprint density at radius 2 is 1.73 bits per heavy atom. The standard InChI is InChI=1S/C18H20Cl2N2O3S/c1-4-22(5-2)26(24,25)17-11-14(8-6-12(17)3)21-18(23)15-10-13(19)7-9-16(15)20/h6-11H,4-5H2,1-3H3,(H,21,23). The summed E-state index contributed by atoms with van der Waals surface area (Å²) in [5.74, 6) is -0.465. The van der Waals surface area contributed by atoms with E-state index in [0.29, 0.717) is 29.4 Å². The monoisotopic (exact) mass is 414 g/mol. The number of rotatable bonds is 6. The molecule has 0 fully saturated rings. The van der Waals surface area contributed by atoms with Crippen LogP contribution in [-0.2, 0) is 10.0 Å². The maximum absolute atomic E-state index is 12.8. The van der Waals surface area contributed by atoms with Gasteiger partial charge in [0.1, 0.15) is 0 Å². The number of anilines is 1. The molecule has 140 valence electrons. The summed E-state index contributed by atoms with van der Waals surface area (Å²) in [6.07, 6.45) is 0. The van der Waals surface area contributed by atoms with Gasteiger partial charge in [0.05, 0.1) is 15.5 Å². The van der Waals surface area contributed by atoms with Crippen molar-refractivity contribution in [3.63, 3.8) is 0 Å². The smallest absolute Gasteiger partial charge is 0.257 e. The van der Waals surface area contributed by atoms with Crippen molar-refractivity contribution in [3.05, 3.63) is 57.6 Å². The summed E-state index contributed by atoms with van der Waals surface area (Å²) >= 11 is 12.0. The van der Waals surface area contributed by atoms with E-state index in [-0.39, 0.29) is 15.5 Å². The van der Waals surface area contributed by atoms with Gasteiger partial charge in [-0.1, -0.05) is 43.1 Å². The van der Waals surface area contributed by atoms with Crippen molar-refractivity contribution in [1.82, 2.24) is 4.31 Å². The molecule has 5 nitrogen and oxygen atoms in total. The summed E-state index contributed by atoms with van der Waals surface area (Å²) in [5.41, 5.74) is 1.19. The van der Waals surface area contributed by atoms with E-state index < -0.39 is 15.9 Å². The van der Waals surface area contributed by atoms with Gasteiger partial charge in [0.25, 0.3) is 5.91 Å². The van der Waals surface area contributed by atoms with Crippen LogP contribution >= 0.6 is 23.2 Å². The van der Waals surface area contributed by atoms with Crippen molar-refractivity contribution in [2.75, 3.05) is 18.4 Å². The fourth-order valence-electron chi connectivity index (χ4n) is 2.53. The largest absolute Gasteiger partial charge is 0.322 e. The van der Waals surface area contributed by atoms with E-state index in [1.807, 2.05) is 0 Å². The summed E-state index contributed by atoms with van der Waals surface area (Å²) in [6.45, 7) is 6.02. The van der Waals surface area contributed by atoms with Crippen molar-refractivity contribution < 1.29 is 13.2 Å². The number of carbonyl (C=O) groups is 1. The molecule has 26 heavy (non-hydrogen) atoms. The Hall–Kier alpha value is -1.60. The first-order valence-corrected chi connectivity index (χ1v) is 10.3. The topological polar surface area (TPSA) is 66.5 Å². The zero-order valence-electron chi connectivity index (χ0n) is 14.7. The SMILES string of the molecule is CCN(CC)S(=O)(=O)c1cc(NC(=O)c2cc(Cl)ccc2Cl)ccc1C. The number of nitrogens with one attached hydrogen (secondary N) is 1. The molecule has 2 rings (SSSR count). The van der Waals surface area contributed by atoms with E-state index in [0.717, 1.165) is 0 Å². The zero-order valence-corrected chi connectivity index (χ0v) is 17.0. The van der Waals surface area contributed by atoms with Crippen molar-refractivity contribution in [2.45, 2.75) is 25.7 Å². The molecule has 0 radical (unpaired) electrons. The summed E-state index contributed by atoms with van der Waals surface area (Å²) in [5, 5.41) is 3.32. The van der Waals surface area contributed by atoms with Crippen LogP contribution < -0.4 is 5.32 Å². The lowest BCUT2D eigenvalue weighted by Crippen LogP contribution is -2.31. The van der Waals surface area contributed by atoms with Crippen LogP contribution in [-0.4, -0.2) is 31.7 Å². The first-order chi connectivity index (χ1) is 12.2. The van der Waals surface area contributed by atoms with Gasteiger partial charge in [-0.3, -0.25) is 4.79 Å². The molecule has 0 atom stereocenters. The van der Waals surface area contributed by atoms with Gasteiger partial charge in [0.2, 0.25) is 10.0 Å². The predicted molar refractivity (Wildman–Crippen MR) is 106 cm³/mol. The molecule has 0 aromatic heterocycles. The number of nitrogens with zero attached hydrogens (tertiary/aromatic N) is 1. The molecule has 1 N–H and O–H groups in total. The fraction of sp³-hybridized carbons (Fsp3) is 0.278. The number of hydrogen-bond acceptors (Lipinski definition) is 3. The highest BCUT2D eigenvalue weighted by molar-refractivity contribution is 7.89. The molecule has 0 saturated heterocycles. The highest BCUT2D eigenvalue weighted by Gasteiger charge is 2.24. The molecule has 0 heterocycles. The quantitative estimate of drug-likeness (QED) is 0.751.